The van der Waals surface area contributed by atoms with Crippen molar-refractivity contribution in [1.29, 1.82) is 0 Å². The first-order chi connectivity index (χ1) is 14.2. The van der Waals surface area contributed by atoms with E-state index in [1.807, 2.05) is 18.2 Å². The van der Waals surface area contributed by atoms with Gasteiger partial charge in [0.1, 0.15) is 11.5 Å². The summed E-state index contributed by atoms with van der Waals surface area (Å²) in [4.78, 5) is 0. The van der Waals surface area contributed by atoms with Crippen LogP contribution in [0.4, 0.5) is 17.6 Å². The van der Waals surface area contributed by atoms with Crippen LogP contribution >= 0.6 is 0 Å². The first-order valence-electron chi connectivity index (χ1n) is 9.25. The van der Waals surface area contributed by atoms with Crippen molar-refractivity contribution in [2.24, 2.45) is 0 Å². The Hall–Kier alpha value is -3.20. The molecule has 5 rings (SSSR count). The molecule has 1 aliphatic rings. The van der Waals surface area contributed by atoms with E-state index >= 15 is 0 Å². The lowest BCUT2D eigenvalue weighted by Crippen LogP contribution is -2.51. The molecule has 1 aliphatic heterocycles. The Morgan fingerprint density at radius 1 is 1.07 bits per heavy atom. The predicted octanol–water partition coefficient (Wildman–Crippen LogP) is 4.86. The predicted molar refractivity (Wildman–Crippen MR) is 101 cm³/mol. The van der Waals surface area contributed by atoms with Gasteiger partial charge in [-0.05, 0) is 55.0 Å². The monoisotopic (exact) mass is 416 g/mol. The third kappa shape index (κ3) is 2.88. The fourth-order valence-corrected chi connectivity index (χ4v) is 3.70. The minimum atomic E-state index is -4.54. The van der Waals surface area contributed by atoms with Crippen LogP contribution in [0.25, 0.3) is 27.9 Å². The van der Waals surface area contributed by atoms with E-state index in [0.29, 0.717) is 22.5 Å². The number of nitrogens with zero attached hydrogens (tertiary/aromatic N) is 4. The second-order valence-electron chi connectivity index (χ2n) is 7.47. The molecule has 0 N–H and O–H groups in total. The smallest absolute Gasteiger partial charge is 0.358 e. The van der Waals surface area contributed by atoms with Crippen LogP contribution in [-0.2, 0) is 17.9 Å². The number of pyridine rings is 1. The van der Waals surface area contributed by atoms with Crippen molar-refractivity contribution in [1.82, 2.24) is 19.4 Å². The number of alkyl halides is 3. The molecule has 0 saturated carbocycles. The molecular weight excluding hydrogens is 400 g/mol. The molecule has 0 radical (unpaired) electrons. The highest BCUT2D eigenvalue weighted by Gasteiger charge is 2.55. The van der Waals surface area contributed by atoms with Crippen molar-refractivity contribution in [3.63, 3.8) is 0 Å². The normalized spacial score (nSPS) is 19.2. The van der Waals surface area contributed by atoms with Gasteiger partial charge in [-0.25, -0.2) is 8.91 Å². The average molecular weight is 416 g/mol. The summed E-state index contributed by atoms with van der Waals surface area (Å²) in [5.41, 5.74) is 1.55. The molecule has 4 heterocycles. The highest BCUT2D eigenvalue weighted by Crippen LogP contribution is 2.43. The standard InChI is InChI=1S/C21H16F4N4O/c1-20(21(23,24)25)12-29-17(11-30-20)18(14-7-9-28-16(10-14)6-8-26-28)19(27-29)13-2-4-15(22)5-3-13/h2-10H,11-12H2,1H3. The molecule has 5 nitrogen and oxygen atoms in total. The largest absolute Gasteiger partial charge is 0.419 e. The van der Waals surface area contributed by atoms with E-state index in [4.69, 9.17) is 4.74 Å². The van der Waals surface area contributed by atoms with Gasteiger partial charge < -0.3 is 4.74 Å². The second kappa shape index (κ2) is 6.40. The van der Waals surface area contributed by atoms with E-state index in [1.165, 1.54) is 16.8 Å². The minimum absolute atomic E-state index is 0.246. The van der Waals surface area contributed by atoms with Crippen LogP contribution in [0, 0.1) is 5.82 Å². The van der Waals surface area contributed by atoms with Crippen LogP contribution < -0.4 is 0 Å². The Labute approximate surface area is 168 Å². The molecule has 0 amide bonds. The zero-order chi connectivity index (χ0) is 21.1. The van der Waals surface area contributed by atoms with Gasteiger partial charge in [0.2, 0.25) is 0 Å². The maximum atomic E-state index is 13.5. The van der Waals surface area contributed by atoms with Crippen LogP contribution in [0.15, 0.2) is 54.9 Å². The molecule has 1 aromatic carbocycles. The highest BCUT2D eigenvalue weighted by atomic mass is 19.4. The molecule has 0 saturated heterocycles. The quantitative estimate of drug-likeness (QED) is 0.439. The molecule has 3 aromatic heterocycles. The number of halogens is 4. The van der Waals surface area contributed by atoms with Gasteiger partial charge in [0.25, 0.3) is 0 Å². The van der Waals surface area contributed by atoms with E-state index in [0.717, 1.165) is 18.0 Å². The second-order valence-corrected chi connectivity index (χ2v) is 7.47. The Kier molecular flexibility index (Phi) is 4.01. The third-order valence-corrected chi connectivity index (χ3v) is 5.44. The van der Waals surface area contributed by atoms with E-state index in [-0.39, 0.29) is 6.61 Å². The van der Waals surface area contributed by atoms with Gasteiger partial charge in [-0.1, -0.05) is 0 Å². The zero-order valence-corrected chi connectivity index (χ0v) is 15.8. The molecule has 4 aromatic rings. The molecule has 0 spiro atoms. The minimum Gasteiger partial charge on any atom is -0.358 e. The summed E-state index contributed by atoms with van der Waals surface area (Å²) >= 11 is 0. The van der Waals surface area contributed by atoms with Crippen molar-refractivity contribution < 1.29 is 22.3 Å². The molecule has 9 heteroatoms. The molecule has 1 unspecified atom stereocenters. The molecule has 1 atom stereocenters. The van der Waals surface area contributed by atoms with Gasteiger partial charge in [-0.3, -0.25) is 4.68 Å². The molecule has 0 fully saturated rings. The van der Waals surface area contributed by atoms with Crippen LogP contribution in [0.3, 0.4) is 0 Å². The van der Waals surface area contributed by atoms with Gasteiger partial charge in [0.05, 0.1) is 24.4 Å². The maximum Gasteiger partial charge on any atom is 0.419 e. The number of benzene rings is 1. The van der Waals surface area contributed by atoms with Crippen LogP contribution in [-0.4, -0.2) is 31.2 Å². The van der Waals surface area contributed by atoms with Crippen LogP contribution in [0.5, 0.6) is 0 Å². The number of hydrogen-bond acceptors (Lipinski definition) is 3. The van der Waals surface area contributed by atoms with Crippen LogP contribution in [0.2, 0.25) is 0 Å². The van der Waals surface area contributed by atoms with Gasteiger partial charge in [-0.15, -0.1) is 0 Å². The Balaban J connectivity index is 1.71. The zero-order valence-electron chi connectivity index (χ0n) is 15.8. The summed E-state index contributed by atoms with van der Waals surface area (Å²) in [7, 11) is 0. The number of fused-ring (bicyclic) bond motifs is 2. The van der Waals surface area contributed by atoms with Crippen LogP contribution in [0.1, 0.15) is 12.6 Å². The number of hydrogen-bond donors (Lipinski definition) is 0. The Morgan fingerprint density at radius 3 is 2.57 bits per heavy atom. The lowest BCUT2D eigenvalue weighted by molar-refractivity contribution is -0.287. The highest BCUT2D eigenvalue weighted by molar-refractivity contribution is 5.84. The average Bonchev–Trinajstić information content (AvgIpc) is 3.31. The lowest BCUT2D eigenvalue weighted by Gasteiger charge is -2.36. The molecule has 0 bridgehead atoms. The fraction of sp³-hybridized carbons (Fsp3) is 0.238. The van der Waals surface area contributed by atoms with E-state index in [9.17, 15) is 17.6 Å². The lowest BCUT2D eigenvalue weighted by atomic mass is 9.98. The first kappa shape index (κ1) is 18.8. The van der Waals surface area contributed by atoms with Crippen molar-refractivity contribution in [2.45, 2.75) is 31.9 Å². The Morgan fingerprint density at radius 2 is 1.83 bits per heavy atom. The first-order valence-corrected chi connectivity index (χ1v) is 9.25. The summed E-state index contributed by atoms with van der Waals surface area (Å²) in [6, 6.07) is 11.3. The molecule has 30 heavy (non-hydrogen) atoms. The number of rotatable bonds is 2. The van der Waals surface area contributed by atoms with Gasteiger partial charge in [-0.2, -0.15) is 23.4 Å². The van der Waals surface area contributed by atoms with E-state index in [1.54, 1.807) is 29.0 Å². The van der Waals surface area contributed by atoms with Crippen molar-refractivity contribution in [2.75, 3.05) is 0 Å². The topological polar surface area (TPSA) is 44.4 Å². The summed E-state index contributed by atoms with van der Waals surface area (Å²) in [5.74, 6) is -0.405. The van der Waals surface area contributed by atoms with Gasteiger partial charge in [0.15, 0.2) is 5.60 Å². The van der Waals surface area contributed by atoms with Gasteiger partial charge in [0, 0.05) is 23.5 Å². The van der Waals surface area contributed by atoms with Crippen molar-refractivity contribution in [3.05, 3.63) is 66.4 Å². The molecular formula is C21H16F4N4O. The number of ether oxygens (including phenoxy) is 1. The summed E-state index contributed by atoms with van der Waals surface area (Å²) in [6.07, 6.45) is -1.11. The third-order valence-electron chi connectivity index (χ3n) is 5.44. The molecule has 154 valence electrons. The molecule has 0 aliphatic carbocycles. The van der Waals surface area contributed by atoms with Crippen molar-refractivity contribution in [3.8, 4) is 22.4 Å². The summed E-state index contributed by atoms with van der Waals surface area (Å²) < 4.78 is 62.4. The number of aromatic nitrogens is 4. The summed E-state index contributed by atoms with van der Waals surface area (Å²) in [6.45, 7) is 0.312. The Bertz CT molecular complexity index is 1240. The van der Waals surface area contributed by atoms with E-state index in [2.05, 4.69) is 10.2 Å². The van der Waals surface area contributed by atoms with Gasteiger partial charge >= 0.3 is 6.18 Å². The SMILES string of the molecule is CC1(C(F)(F)F)Cn2nc(-c3ccc(F)cc3)c(-c3ccn4nccc4c3)c2CO1. The maximum absolute atomic E-state index is 13.5. The van der Waals surface area contributed by atoms with Crippen molar-refractivity contribution >= 4 is 5.52 Å². The summed E-state index contributed by atoms with van der Waals surface area (Å²) in [5, 5.41) is 8.66. The van der Waals surface area contributed by atoms with E-state index < -0.39 is 24.1 Å². The fourth-order valence-electron chi connectivity index (χ4n) is 3.70.